The summed E-state index contributed by atoms with van der Waals surface area (Å²) in [6.07, 6.45) is 5.45. The van der Waals surface area contributed by atoms with E-state index in [1.807, 2.05) is 0 Å². The fourth-order valence-electron chi connectivity index (χ4n) is 3.88. The van der Waals surface area contributed by atoms with E-state index >= 15 is 0 Å². The lowest BCUT2D eigenvalue weighted by atomic mass is 9.85. The van der Waals surface area contributed by atoms with Gasteiger partial charge in [0.1, 0.15) is 0 Å². The normalized spacial score (nSPS) is 23.4. The van der Waals surface area contributed by atoms with E-state index in [2.05, 4.69) is 42.8 Å². The van der Waals surface area contributed by atoms with Crippen molar-refractivity contribution in [3.05, 3.63) is 0 Å². The van der Waals surface area contributed by atoms with Crippen LogP contribution in [0.1, 0.15) is 59.8 Å². The number of nitrogens with zero attached hydrogens (tertiary/aromatic N) is 2. The molecule has 2 aliphatic rings. The molecular weight excluding hydrogens is 274 g/mol. The molecule has 128 valence electrons. The van der Waals surface area contributed by atoms with E-state index in [1.165, 1.54) is 25.9 Å². The predicted octanol–water partition coefficient (Wildman–Crippen LogP) is 2.49. The average Bonchev–Trinajstić information content (AvgIpc) is 2.90. The molecule has 2 rings (SSSR count). The average molecular weight is 309 g/mol. The molecule has 22 heavy (non-hydrogen) atoms. The van der Waals surface area contributed by atoms with Gasteiger partial charge in [-0.15, -0.1) is 0 Å². The molecule has 0 unspecified atom stereocenters. The Bertz CT molecular complexity index is 353. The van der Waals surface area contributed by atoms with Crippen molar-refractivity contribution in [1.82, 2.24) is 15.1 Å². The highest BCUT2D eigenvalue weighted by Crippen LogP contribution is 2.26. The molecule has 4 heteroatoms. The van der Waals surface area contributed by atoms with Crippen LogP contribution in [0.15, 0.2) is 0 Å². The lowest BCUT2D eigenvalue weighted by molar-refractivity contribution is -0.124. The molecule has 0 atom stereocenters. The third-order valence-corrected chi connectivity index (χ3v) is 5.21. The van der Waals surface area contributed by atoms with E-state index in [0.717, 1.165) is 32.5 Å². The number of rotatable bonds is 6. The second-order valence-electron chi connectivity index (χ2n) is 8.04. The molecule has 0 radical (unpaired) electrons. The van der Waals surface area contributed by atoms with Gasteiger partial charge in [-0.25, -0.2) is 0 Å². The number of hydrogen-bond donors (Lipinski definition) is 1. The Morgan fingerprint density at radius 2 is 1.64 bits per heavy atom. The molecule has 0 aromatic rings. The molecule has 1 N–H and O–H groups in total. The Hall–Kier alpha value is -0.610. The van der Waals surface area contributed by atoms with Crippen molar-refractivity contribution in [3.63, 3.8) is 0 Å². The van der Waals surface area contributed by atoms with Gasteiger partial charge >= 0.3 is 0 Å². The lowest BCUT2D eigenvalue weighted by Gasteiger charge is -2.45. The first-order chi connectivity index (χ1) is 10.4. The summed E-state index contributed by atoms with van der Waals surface area (Å²) < 4.78 is 0. The zero-order chi connectivity index (χ0) is 16.2. The van der Waals surface area contributed by atoms with E-state index in [-0.39, 0.29) is 11.4 Å². The van der Waals surface area contributed by atoms with Crippen molar-refractivity contribution in [3.8, 4) is 0 Å². The molecule has 0 spiro atoms. The van der Waals surface area contributed by atoms with Crippen LogP contribution in [0, 0.1) is 5.92 Å². The van der Waals surface area contributed by atoms with Gasteiger partial charge in [-0.2, -0.15) is 0 Å². The second kappa shape index (κ2) is 7.78. The van der Waals surface area contributed by atoms with Gasteiger partial charge in [-0.1, -0.05) is 13.8 Å². The zero-order valence-electron chi connectivity index (χ0n) is 15.0. The summed E-state index contributed by atoms with van der Waals surface area (Å²) in [6, 6.07) is 0.608. The van der Waals surface area contributed by atoms with Crippen LogP contribution in [0.25, 0.3) is 0 Å². The third kappa shape index (κ3) is 4.95. The number of amides is 1. The third-order valence-electron chi connectivity index (χ3n) is 5.21. The summed E-state index contributed by atoms with van der Waals surface area (Å²) in [5, 5.41) is 3.44. The Kier molecular flexibility index (Phi) is 6.27. The number of carbonyl (C=O) groups is 1. The number of hydrogen-bond acceptors (Lipinski definition) is 3. The van der Waals surface area contributed by atoms with Gasteiger partial charge in [0, 0.05) is 32.1 Å². The summed E-state index contributed by atoms with van der Waals surface area (Å²) in [4.78, 5) is 17.5. The topological polar surface area (TPSA) is 35.6 Å². The Morgan fingerprint density at radius 1 is 1.05 bits per heavy atom. The molecule has 0 aromatic carbocycles. The predicted molar refractivity (Wildman–Crippen MR) is 91.9 cm³/mol. The molecule has 2 heterocycles. The van der Waals surface area contributed by atoms with Crippen LogP contribution in [0.4, 0.5) is 0 Å². The molecule has 0 aliphatic carbocycles. The van der Waals surface area contributed by atoms with Gasteiger partial charge in [0.05, 0.1) is 5.54 Å². The van der Waals surface area contributed by atoms with Gasteiger partial charge in [0.15, 0.2) is 0 Å². The van der Waals surface area contributed by atoms with Crippen molar-refractivity contribution in [1.29, 1.82) is 0 Å². The van der Waals surface area contributed by atoms with Crippen molar-refractivity contribution < 1.29 is 4.79 Å². The monoisotopic (exact) mass is 309 g/mol. The van der Waals surface area contributed by atoms with Gasteiger partial charge < -0.3 is 15.1 Å². The van der Waals surface area contributed by atoms with Crippen LogP contribution in [0.3, 0.4) is 0 Å². The molecule has 1 amide bonds. The minimum absolute atomic E-state index is 0.00169. The van der Waals surface area contributed by atoms with Gasteiger partial charge in [0.25, 0.3) is 0 Å². The summed E-state index contributed by atoms with van der Waals surface area (Å²) in [5.41, 5.74) is 0.00169. The smallest absolute Gasteiger partial charge is 0.220 e. The summed E-state index contributed by atoms with van der Waals surface area (Å²) >= 11 is 0. The van der Waals surface area contributed by atoms with Crippen LogP contribution in [0.2, 0.25) is 0 Å². The van der Waals surface area contributed by atoms with Crippen molar-refractivity contribution >= 4 is 5.91 Å². The molecule has 0 saturated carbocycles. The lowest BCUT2D eigenvalue weighted by Crippen LogP contribution is -2.61. The van der Waals surface area contributed by atoms with Crippen molar-refractivity contribution in [2.24, 2.45) is 5.92 Å². The van der Waals surface area contributed by atoms with Gasteiger partial charge in [0.2, 0.25) is 5.91 Å². The maximum absolute atomic E-state index is 12.4. The minimum Gasteiger partial charge on any atom is -0.349 e. The van der Waals surface area contributed by atoms with Crippen molar-refractivity contribution in [2.45, 2.75) is 71.4 Å². The molecule has 2 aliphatic heterocycles. The summed E-state index contributed by atoms with van der Waals surface area (Å²) in [5.74, 6) is 0.673. The van der Waals surface area contributed by atoms with Crippen LogP contribution in [0.5, 0.6) is 0 Å². The second-order valence-corrected chi connectivity index (χ2v) is 8.04. The largest absolute Gasteiger partial charge is 0.349 e. The Labute approximate surface area is 136 Å². The zero-order valence-corrected chi connectivity index (χ0v) is 15.0. The van der Waals surface area contributed by atoms with E-state index in [4.69, 9.17) is 0 Å². The number of carbonyl (C=O) groups excluding carboxylic acids is 1. The van der Waals surface area contributed by atoms with Crippen LogP contribution >= 0.6 is 0 Å². The maximum Gasteiger partial charge on any atom is 0.220 e. The summed E-state index contributed by atoms with van der Waals surface area (Å²) in [7, 11) is 0. The molecular formula is C18H35N3O. The van der Waals surface area contributed by atoms with Gasteiger partial charge in [-0.3, -0.25) is 4.79 Å². The van der Waals surface area contributed by atoms with E-state index in [1.54, 1.807) is 0 Å². The number of nitrogens with one attached hydrogen (secondary N) is 1. The van der Waals surface area contributed by atoms with Gasteiger partial charge in [-0.05, 0) is 58.5 Å². The van der Waals surface area contributed by atoms with Crippen molar-refractivity contribution in [2.75, 3.05) is 32.7 Å². The quantitative estimate of drug-likeness (QED) is 0.819. The molecule has 0 bridgehead atoms. The number of piperidine rings is 1. The standard InChI is InChI=1S/C18H35N3O/c1-15(2)13-17(22)19-18(14-20-9-5-6-10-20)7-11-21(12-8-18)16(3)4/h15-16H,5-14H2,1-4H3,(H,19,22). The fraction of sp³-hybridized carbons (Fsp3) is 0.944. The Balaban J connectivity index is 1.99. The highest BCUT2D eigenvalue weighted by Gasteiger charge is 2.38. The fourth-order valence-corrected chi connectivity index (χ4v) is 3.88. The molecule has 2 fully saturated rings. The maximum atomic E-state index is 12.4. The first kappa shape index (κ1) is 17.7. The highest BCUT2D eigenvalue weighted by atomic mass is 16.1. The van der Waals surface area contributed by atoms with E-state index in [0.29, 0.717) is 18.4 Å². The van der Waals surface area contributed by atoms with Crippen LogP contribution in [-0.2, 0) is 4.79 Å². The molecule has 0 aromatic heterocycles. The molecule has 4 nitrogen and oxygen atoms in total. The van der Waals surface area contributed by atoms with E-state index < -0.39 is 0 Å². The SMILES string of the molecule is CC(C)CC(=O)NC1(CN2CCCC2)CCN(C(C)C)CC1. The molecule has 2 saturated heterocycles. The first-order valence-electron chi connectivity index (χ1n) is 9.18. The Morgan fingerprint density at radius 3 is 2.14 bits per heavy atom. The first-order valence-corrected chi connectivity index (χ1v) is 9.18. The highest BCUT2D eigenvalue weighted by molar-refractivity contribution is 5.77. The number of likely N-dealkylation sites (tertiary alicyclic amines) is 2. The minimum atomic E-state index is 0.00169. The van der Waals surface area contributed by atoms with Crippen LogP contribution in [-0.4, -0.2) is 60.0 Å². The van der Waals surface area contributed by atoms with E-state index in [9.17, 15) is 4.79 Å². The summed E-state index contributed by atoms with van der Waals surface area (Å²) in [6.45, 7) is 14.4. The van der Waals surface area contributed by atoms with Crippen LogP contribution < -0.4 is 5.32 Å².